The third-order valence-electron chi connectivity index (χ3n) is 2.22. The van der Waals surface area contributed by atoms with Gasteiger partial charge in [-0.1, -0.05) is 11.6 Å². The number of methoxy groups -OCH3 is 1. The van der Waals surface area contributed by atoms with E-state index < -0.39 is 5.97 Å². The number of nitrogens with zero attached hydrogens (tertiary/aromatic N) is 1. The molecule has 0 aliphatic heterocycles. The molecule has 0 fully saturated rings. The molecule has 2 rings (SSSR count). The van der Waals surface area contributed by atoms with Crippen LogP contribution in [0.25, 0.3) is 10.9 Å². The summed E-state index contributed by atoms with van der Waals surface area (Å²) in [6, 6.07) is 6.32. The Morgan fingerprint density at radius 1 is 1.44 bits per heavy atom. The van der Waals surface area contributed by atoms with Crippen LogP contribution in [-0.2, 0) is 0 Å². The van der Waals surface area contributed by atoms with Crippen LogP contribution in [0.3, 0.4) is 0 Å². The van der Waals surface area contributed by atoms with Crippen molar-refractivity contribution in [2.45, 2.75) is 0 Å². The standard InChI is InChI=1S/C11H8ClNO3/c1-16-6-2-3-7-8(11(14)15)5-10(12)13-9(7)4-6/h2-5H,1H3,(H,14,15). The predicted octanol–water partition coefficient (Wildman–Crippen LogP) is 2.59. The Morgan fingerprint density at radius 3 is 2.81 bits per heavy atom. The minimum Gasteiger partial charge on any atom is -0.497 e. The fourth-order valence-electron chi connectivity index (χ4n) is 1.48. The zero-order valence-electron chi connectivity index (χ0n) is 8.40. The SMILES string of the molecule is COc1ccc2c(C(=O)O)cc(Cl)nc2c1. The van der Waals surface area contributed by atoms with E-state index >= 15 is 0 Å². The first kappa shape index (κ1) is 10.7. The van der Waals surface area contributed by atoms with Crippen LogP contribution in [0.2, 0.25) is 5.15 Å². The van der Waals surface area contributed by atoms with E-state index in [2.05, 4.69) is 4.98 Å². The lowest BCUT2D eigenvalue weighted by molar-refractivity contribution is 0.0699. The molecule has 16 heavy (non-hydrogen) atoms. The molecule has 82 valence electrons. The van der Waals surface area contributed by atoms with Crippen molar-refractivity contribution in [1.29, 1.82) is 0 Å². The number of rotatable bonds is 2. The first-order chi connectivity index (χ1) is 7.61. The normalized spacial score (nSPS) is 10.4. The van der Waals surface area contributed by atoms with Gasteiger partial charge in [0.15, 0.2) is 0 Å². The Balaban J connectivity index is 2.78. The largest absolute Gasteiger partial charge is 0.497 e. The van der Waals surface area contributed by atoms with Gasteiger partial charge in [0.05, 0.1) is 18.2 Å². The van der Waals surface area contributed by atoms with Crippen LogP contribution in [0.15, 0.2) is 24.3 Å². The second-order valence-corrected chi connectivity index (χ2v) is 3.57. The molecule has 1 N–H and O–H groups in total. The quantitative estimate of drug-likeness (QED) is 0.816. The maximum absolute atomic E-state index is 11.0. The van der Waals surface area contributed by atoms with E-state index in [0.717, 1.165) is 0 Å². The lowest BCUT2D eigenvalue weighted by Crippen LogP contribution is -1.99. The number of fused-ring (bicyclic) bond motifs is 1. The second-order valence-electron chi connectivity index (χ2n) is 3.18. The maximum Gasteiger partial charge on any atom is 0.336 e. The highest BCUT2D eigenvalue weighted by Crippen LogP contribution is 2.24. The van der Waals surface area contributed by atoms with Crippen molar-refractivity contribution in [1.82, 2.24) is 4.98 Å². The van der Waals surface area contributed by atoms with Gasteiger partial charge >= 0.3 is 5.97 Å². The first-order valence-corrected chi connectivity index (χ1v) is 4.87. The van der Waals surface area contributed by atoms with E-state index in [9.17, 15) is 4.79 Å². The van der Waals surface area contributed by atoms with Crippen LogP contribution in [-0.4, -0.2) is 23.2 Å². The fourth-order valence-corrected chi connectivity index (χ4v) is 1.68. The average molecular weight is 238 g/mol. The molecule has 5 heteroatoms. The molecule has 0 saturated carbocycles. The molecule has 1 aromatic carbocycles. The molecule has 0 saturated heterocycles. The number of carboxylic acids is 1. The van der Waals surface area contributed by atoms with Crippen LogP contribution in [0.4, 0.5) is 0 Å². The number of benzene rings is 1. The third-order valence-corrected chi connectivity index (χ3v) is 2.41. The molecule has 1 heterocycles. The summed E-state index contributed by atoms with van der Waals surface area (Å²) in [6.45, 7) is 0. The van der Waals surface area contributed by atoms with Gasteiger partial charge in [-0.3, -0.25) is 0 Å². The van der Waals surface area contributed by atoms with Crippen molar-refractivity contribution in [3.63, 3.8) is 0 Å². The Bertz CT molecular complexity index is 568. The molecule has 2 aromatic rings. The van der Waals surface area contributed by atoms with Gasteiger partial charge in [0.25, 0.3) is 0 Å². The minimum atomic E-state index is -1.03. The molecule has 0 spiro atoms. The molecule has 0 bridgehead atoms. The summed E-state index contributed by atoms with van der Waals surface area (Å²) in [5.74, 6) is -0.418. The highest BCUT2D eigenvalue weighted by Gasteiger charge is 2.11. The highest BCUT2D eigenvalue weighted by atomic mass is 35.5. The molecule has 0 amide bonds. The Labute approximate surface area is 96.4 Å². The van der Waals surface area contributed by atoms with Gasteiger partial charge in [-0.15, -0.1) is 0 Å². The van der Waals surface area contributed by atoms with Crippen LogP contribution in [0.5, 0.6) is 5.75 Å². The molecular weight excluding hydrogens is 230 g/mol. The number of ether oxygens (including phenoxy) is 1. The van der Waals surface area contributed by atoms with Crippen molar-refractivity contribution < 1.29 is 14.6 Å². The predicted molar refractivity (Wildman–Crippen MR) is 60.3 cm³/mol. The lowest BCUT2D eigenvalue weighted by atomic mass is 10.1. The topological polar surface area (TPSA) is 59.4 Å². The van der Waals surface area contributed by atoms with Gasteiger partial charge in [-0.05, 0) is 18.2 Å². The van der Waals surface area contributed by atoms with E-state index in [1.165, 1.54) is 13.2 Å². The van der Waals surface area contributed by atoms with E-state index in [-0.39, 0.29) is 10.7 Å². The van der Waals surface area contributed by atoms with Gasteiger partial charge in [0.1, 0.15) is 10.9 Å². The molecule has 0 aliphatic rings. The third kappa shape index (κ3) is 1.79. The van der Waals surface area contributed by atoms with Gasteiger partial charge in [0, 0.05) is 11.5 Å². The molecule has 0 unspecified atom stereocenters. The smallest absolute Gasteiger partial charge is 0.336 e. The van der Waals surface area contributed by atoms with Crippen molar-refractivity contribution >= 4 is 28.5 Å². The summed E-state index contributed by atoms with van der Waals surface area (Å²) in [4.78, 5) is 15.1. The monoisotopic (exact) mass is 237 g/mol. The molecule has 1 aromatic heterocycles. The number of halogens is 1. The summed E-state index contributed by atoms with van der Waals surface area (Å²) in [5.41, 5.74) is 0.641. The lowest BCUT2D eigenvalue weighted by Gasteiger charge is -2.05. The van der Waals surface area contributed by atoms with Gasteiger partial charge in [-0.2, -0.15) is 0 Å². The van der Waals surface area contributed by atoms with Crippen molar-refractivity contribution in [3.8, 4) is 5.75 Å². The van der Waals surface area contributed by atoms with E-state index in [1.54, 1.807) is 18.2 Å². The number of carbonyl (C=O) groups is 1. The summed E-state index contributed by atoms with van der Waals surface area (Å²) >= 11 is 5.75. The highest BCUT2D eigenvalue weighted by molar-refractivity contribution is 6.30. The minimum absolute atomic E-state index is 0.137. The van der Waals surface area contributed by atoms with Crippen molar-refractivity contribution in [3.05, 3.63) is 35.0 Å². The van der Waals surface area contributed by atoms with Crippen LogP contribution < -0.4 is 4.74 Å². The molecule has 0 aliphatic carbocycles. The average Bonchev–Trinajstić information content (AvgIpc) is 2.26. The Morgan fingerprint density at radius 2 is 2.19 bits per heavy atom. The van der Waals surface area contributed by atoms with Gasteiger partial charge in [-0.25, -0.2) is 9.78 Å². The second kappa shape index (κ2) is 3.98. The van der Waals surface area contributed by atoms with E-state index in [4.69, 9.17) is 21.4 Å². The van der Waals surface area contributed by atoms with E-state index in [0.29, 0.717) is 16.7 Å². The van der Waals surface area contributed by atoms with Gasteiger partial charge in [0.2, 0.25) is 0 Å². The van der Waals surface area contributed by atoms with Crippen LogP contribution in [0.1, 0.15) is 10.4 Å². The molecular formula is C11H8ClNO3. The first-order valence-electron chi connectivity index (χ1n) is 4.49. The Hall–Kier alpha value is -1.81. The van der Waals surface area contributed by atoms with Gasteiger partial charge < -0.3 is 9.84 Å². The summed E-state index contributed by atoms with van der Waals surface area (Å²) < 4.78 is 5.03. The number of pyridine rings is 1. The fraction of sp³-hybridized carbons (Fsp3) is 0.0909. The number of carboxylic acid groups (broad SMARTS) is 1. The maximum atomic E-state index is 11.0. The number of hydrogen-bond acceptors (Lipinski definition) is 3. The molecule has 0 atom stereocenters. The molecule has 0 radical (unpaired) electrons. The summed E-state index contributed by atoms with van der Waals surface area (Å²) in [6.07, 6.45) is 0. The zero-order chi connectivity index (χ0) is 11.7. The van der Waals surface area contributed by atoms with Crippen molar-refractivity contribution in [2.75, 3.05) is 7.11 Å². The van der Waals surface area contributed by atoms with E-state index in [1.807, 2.05) is 0 Å². The number of aromatic nitrogens is 1. The zero-order valence-corrected chi connectivity index (χ0v) is 9.15. The van der Waals surface area contributed by atoms with Crippen LogP contribution >= 0.6 is 11.6 Å². The van der Waals surface area contributed by atoms with Crippen LogP contribution in [0, 0.1) is 0 Å². The summed E-state index contributed by atoms with van der Waals surface area (Å²) in [7, 11) is 1.53. The number of hydrogen-bond donors (Lipinski definition) is 1. The Kier molecular flexibility index (Phi) is 2.66. The number of aromatic carboxylic acids is 1. The summed E-state index contributed by atoms with van der Waals surface area (Å²) in [5, 5.41) is 9.71. The van der Waals surface area contributed by atoms with Crippen molar-refractivity contribution in [2.24, 2.45) is 0 Å². The molecule has 4 nitrogen and oxygen atoms in total.